The second kappa shape index (κ2) is 3.75. The molecule has 0 saturated carbocycles. The molecule has 1 aromatic heterocycles. The van der Waals surface area contributed by atoms with Crippen LogP contribution in [-0.2, 0) is 0 Å². The van der Waals surface area contributed by atoms with Crippen molar-refractivity contribution in [3.8, 4) is 0 Å². The maximum atomic E-state index is 5.61. The molecule has 0 saturated heterocycles. The van der Waals surface area contributed by atoms with Gasteiger partial charge in [0.15, 0.2) is 0 Å². The summed E-state index contributed by atoms with van der Waals surface area (Å²) in [4.78, 5) is 4.11. The monoisotopic (exact) mass is 153 g/mol. The van der Waals surface area contributed by atoms with Gasteiger partial charge in [-0.25, -0.2) is 0 Å². The number of aromatic amines is 1. The van der Waals surface area contributed by atoms with Crippen LogP contribution in [0.1, 0.15) is 13.3 Å². The van der Waals surface area contributed by atoms with Gasteiger partial charge in [0.2, 0.25) is 0 Å². The molecule has 4 nitrogen and oxygen atoms in total. The average molecular weight is 153 g/mol. The molecule has 0 radical (unpaired) electrons. The lowest BCUT2D eigenvalue weighted by molar-refractivity contribution is -0.619. The van der Waals surface area contributed by atoms with Gasteiger partial charge >= 0.3 is 5.96 Å². The van der Waals surface area contributed by atoms with Crippen LogP contribution in [0.4, 0.5) is 0 Å². The van der Waals surface area contributed by atoms with Gasteiger partial charge in [-0.15, -0.1) is 9.67 Å². The van der Waals surface area contributed by atoms with Crippen molar-refractivity contribution in [1.82, 2.24) is 5.10 Å². The van der Waals surface area contributed by atoms with Crippen LogP contribution in [0.25, 0.3) is 0 Å². The molecule has 0 aromatic carbocycles. The first-order valence-electron chi connectivity index (χ1n) is 3.70. The summed E-state index contributed by atoms with van der Waals surface area (Å²) in [6.45, 7) is 2.84. The predicted octanol–water partition coefficient (Wildman–Crippen LogP) is -0.125. The van der Waals surface area contributed by atoms with Crippen LogP contribution in [0.3, 0.4) is 0 Å². The quantitative estimate of drug-likeness (QED) is 0.347. The molecule has 0 aliphatic rings. The highest BCUT2D eigenvalue weighted by molar-refractivity contribution is 5.67. The van der Waals surface area contributed by atoms with Crippen molar-refractivity contribution < 1.29 is 4.68 Å². The Labute approximate surface area is 65.7 Å². The van der Waals surface area contributed by atoms with E-state index in [2.05, 4.69) is 17.0 Å². The Kier molecular flexibility index (Phi) is 2.66. The fourth-order valence-corrected chi connectivity index (χ4v) is 0.741. The van der Waals surface area contributed by atoms with Crippen LogP contribution in [0, 0.1) is 0 Å². The normalized spacial score (nSPS) is 11.9. The minimum absolute atomic E-state index is 0.511. The van der Waals surface area contributed by atoms with Crippen molar-refractivity contribution in [3.63, 3.8) is 0 Å². The van der Waals surface area contributed by atoms with E-state index in [-0.39, 0.29) is 0 Å². The highest BCUT2D eigenvalue weighted by atomic mass is 15.3. The van der Waals surface area contributed by atoms with Gasteiger partial charge < -0.3 is 0 Å². The molecular formula is C7H13N4+. The summed E-state index contributed by atoms with van der Waals surface area (Å²) < 4.78 is 1.68. The molecule has 3 N–H and O–H groups in total. The number of rotatable bonds is 2. The topological polar surface area (TPSA) is 58.0 Å². The van der Waals surface area contributed by atoms with E-state index in [4.69, 9.17) is 5.73 Å². The summed E-state index contributed by atoms with van der Waals surface area (Å²) in [6, 6.07) is 1.87. The first-order valence-corrected chi connectivity index (χ1v) is 3.70. The maximum Gasteiger partial charge on any atom is 0.406 e. The Morgan fingerprint density at radius 2 is 2.55 bits per heavy atom. The number of hydrogen-bond acceptors (Lipinski definition) is 1. The maximum absolute atomic E-state index is 5.61. The summed E-state index contributed by atoms with van der Waals surface area (Å²) in [5.74, 6) is 0.511. The fourth-order valence-electron chi connectivity index (χ4n) is 0.741. The molecule has 0 bridgehead atoms. The van der Waals surface area contributed by atoms with Gasteiger partial charge in [-0.05, 0) is 12.5 Å². The van der Waals surface area contributed by atoms with Crippen LogP contribution in [0.2, 0.25) is 0 Å². The number of H-pyrrole nitrogens is 1. The van der Waals surface area contributed by atoms with E-state index in [1.165, 1.54) is 0 Å². The minimum atomic E-state index is 0.511. The van der Waals surface area contributed by atoms with E-state index in [9.17, 15) is 0 Å². The predicted molar refractivity (Wildman–Crippen MR) is 43.2 cm³/mol. The summed E-state index contributed by atoms with van der Waals surface area (Å²) in [6.07, 6.45) is 4.64. The molecule has 1 rings (SSSR count). The average Bonchev–Trinajstić information content (AvgIpc) is 2.52. The lowest BCUT2D eigenvalue weighted by atomic mass is 10.5. The van der Waals surface area contributed by atoms with Gasteiger partial charge in [0.1, 0.15) is 6.54 Å². The summed E-state index contributed by atoms with van der Waals surface area (Å²) in [5.41, 5.74) is 5.61. The molecule has 0 spiro atoms. The molecule has 0 aliphatic heterocycles. The Bertz CT molecular complexity index is 225. The summed E-state index contributed by atoms with van der Waals surface area (Å²) in [7, 11) is 0. The van der Waals surface area contributed by atoms with E-state index in [1.54, 1.807) is 10.9 Å². The lowest BCUT2D eigenvalue weighted by Gasteiger charge is -1.88. The highest BCUT2D eigenvalue weighted by Gasteiger charge is 2.02. The third-order valence-electron chi connectivity index (χ3n) is 1.29. The Balaban J connectivity index is 2.62. The lowest BCUT2D eigenvalue weighted by Crippen LogP contribution is -2.49. The van der Waals surface area contributed by atoms with E-state index in [0.29, 0.717) is 5.96 Å². The molecule has 0 unspecified atom stereocenters. The third kappa shape index (κ3) is 2.07. The summed E-state index contributed by atoms with van der Waals surface area (Å²) in [5, 5.41) is 2.91. The van der Waals surface area contributed by atoms with Gasteiger partial charge in [-0.2, -0.15) is 0 Å². The SMILES string of the molecule is CCCN=C(N)[n+]1ccc[nH]1. The number of nitrogens with zero attached hydrogens (tertiary/aromatic N) is 2. The molecule has 0 aliphatic carbocycles. The van der Waals surface area contributed by atoms with E-state index in [0.717, 1.165) is 13.0 Å². The van der Waals surface area contributed by atoms with Gasteiger partial charge in [0.25, 0.3) is 0 Å². The van der Waals surface area contributed by atoms with Crippen LogP contribution in [0.5, 0.6) is 0 Å². The largest absolute Gasteiger partial charge is 0.406 e. The third-order valence-corrected chi connectivity index (χ3v) is 1.29. The zero-order chi connectivity index (χ0) is 8.10. The first-order chi connectivity index (χ1) is 5.34. The number of hydrogen-bond donors (Lipinski definition) is 2. The Morgan fingerprint density at radius 1 is 1.73 bits per heavy atom. The standard InChI is InChI=1S/C7H12N4/c1-2-4-9-7(8)11-6-3-5-10-11/h3,5-6H,2,4H2,1H3,(H2,8,9)/p+1. The number of aromatic nitrogens is 2. The van der Waals surface area contributed by atoms with Crippen molar-refractivity contribution in [2.75, 3.05) is 6.54 Å². The zero-order valence-electron chi connectivity index (χ0n) is 6.62. The van der Waals surface area contributed by atoms with Crippen LogP contribution >= 0.6 is 0 Å². The van der Waals surface area contributed by atoms with Crippen molar-refractivity contribution >= 4 is 5.96 Å². The van der Waals surface area contributed by atoms with Gasteiger partial charge in [0.05, 0.1) is 6.20 Å². The molecule has 11 heavy (non-hydrogen) atoms. The molecule has 0 atom stereocenters. The number of nitrogens with one attached hydrogen (secondary N) is 1. The zero-order valence-corrected chi connectivity index (χ0v) is 6.62. The summed E-state index contributed by atoms with van der Waals surface area (Å²) >= 11 is 0. The van der Waals surface area contributed by atoms with Crippen molar-refractivity contribution in [2.24, 2.45) is 10.7 Å². The number of nitrogens with two attached hydrogens (primary N) is 1. The molecule has 60 valence electrons. The van der Waals surface area contributed by atoms with Crippen LogP contribution < -0.4 is 10.4 Å². The molecular weight excluding hydrogens is 140 g/mol. The molecule has 4 heteroatoms. The fraction of sp³-hybridized carbons (Fsp3) is 0.429. The minimum Gasteiger partial charge on any atom is -0.286 e. The van der Waals surface area contributed by atoms with Crippen LogP contribution in [0.15, 0.2) is 23.5 Å². The van der Waals surface area contributed by atoms with E-state index in [1.807, 2.05) is 12.3 Å². The molecule has 0 fully saturated rings. The Morgan fingerprint density at radius 3 is 3.09 bits per heavy atom. The highest BCUT2D eigenvalue weighted by Crippen LogP contribution is 1.76. The second-order valence-electron chi connectivity index (χ2n) is 2.25. The van der Waals surface area contributed by atoms with Crippen LogP contribution in [-0.4, -0.2) is 17.6 Å². The smallest absolute Gasteiger partial charge is 0.286 e. The molecule has 0 amide bonds. The van der Waals surface area contributed by atoms with E-state index >= 15 is 0 Å². The van der Waals surface area contributed by atoms with E-state index < -0.39 is 0 Å². The van der Waals surface area contributed by atoms with Crippen molar-refractivity contribution in [2.45, 2.75) is 13.3 Å². The number of aliphatic imine (C=N–C) groups is 1. The molecule has 1 heterocycles. The van der Waals surface area contributed by atoms with Gasteiger partial charge in [0, 0.05) is 6.20 Å². The van der Waals surface area contributed by atoms with Crippen molar-refractivity contribution in [1.29, 1.82) is 0 Å². The second-order valence-corrected chi connectivity index (χ2v) is 2.25. The first kappa shape index (κ1) is 7.78. The van der Waals surface area contributed by atoms with Crippen molar-refractivity contribution in [3.05, 3.63) is 18.5 Å². The van der Waals surface area contributed by atoms with Gasteiger partial charge in [-0.1, -0.05) is 6.92 Å². The van der Waals surface area contributed by atoms with Gasteiger partial charge in [-0.3, -0.25) is 10.8 Å². The molecule has 1 aromatic rings. The Hall–Kier alpha value is -1.32.